The maximum atomic E-state index is 6.24. The van der Waals surface area contributed by atoms with Crippen molar-refractivity contribution in [1.82, 2.24) is 5.32 Å². The zero-order valence-corrected chi connectivity index (χ0v) is 12.3. The van der Waals surface area contributed by atoms with Gasteiger partial charge >= 0.3 is 0 Å². The van der Waals surface area contributed by atoms with Crippen molar-refractivity contribution in [2.45, 2.75) is 26.8 Å². The van der Waals surface area contributed by atoms with E-state index in [-0.39, 0.29) is 0 Å². The number of nitrogens with one attached hydrogen (secondary N) is 1. The molecule has 0 aliphatic carbocycles. The van der Waals surface area contributed by atoms with Crippen LogP contribution in [0.3, 0.4) is 0 Å². The molecule has 1 aromatic heterocycles. The summed E-state index contributed by atoms with van der Waals surface area (Å²) >= 11 is 14.0. The van der Waals surface area contributed by atoms with Crippen LogP contribution in [0.2, 0.25) is 10.0 Å². The number of halogens is 2. The quantitative estimate of drug-likeness (QED) is 0.779. The topological polar surface area (TPSA) is 12.0 Å². The molecule has 1 N–H and O–H groups in total. The average molecular weight is 288 g/mol. The van der Waals surface area contributed by atoms with E-state index < -0.39 is 0 Å². The molecule has 92 valence electrons. The maximum Gasteiger partial charge on any atom is 0.0510 e. The van der Waals surface area contributed by atoms with Crippen molar-refractivity contribution >= 4 is 44.6 Å². The molecule has 1 nitrogen and oxygen atoms in total. The summed E-state index contributed by atoms with van der Waals surface area (Å²) < 4.78 is 1.17. The van der Waals surface area contributed by atoms with Gasteiger partial charge in [-0.1, -0.05) is 30.1 Å². The van der Waals surface area contributed by atoms with Gasteiger partial charge in [0.15, 0.2) is 0 Å². The van der Waals surface area contributed by atoms with E-state index in [1.807, 2.05) is 12.1 Å². The summed E-state index contributed by atoms with van der Waals surface area (Å²) in [6.45, 7) is 6.25. The predicted molar refractivity (Wildman–Crippen MR) is 78.6 cm³/mol. The van der Waals surface area contributed by atoms with Gasteiger partial charge in [0.05, 0.1) is 5.02 Å². The highest BCUT2D eigenvalue weighted by molar-refractivity contribution is 7.19. The summed E-state index contributed by atoms with van der Waals surface area (Å²) in [6.07, 6.45) is 1.15. The van der Waals surface area contributed by atoms with Crippen LogP contribution in [0.15, 0.2) is 12.1 Å². The molecule has 1 heterocycles. The van der Waals surface area contributed by atoms with Crippen LogP contribution in [0.1, 0.15) is 23.8 Å². The third-order valence-electron chi connectivity index (χ3n) is 2.76. The fourth-order valence-electron chi connectivity index (χ4n) is 1.89. The first-order chi connectivity index (χ1) is 8.13. The predicted octanol–water partition coefficient (Wildman–Crippen LogP) is 5.02. The Kier molecular flexibility index (Phi) is 4.31. The highest BCUT2D eigenvalue weighted by Crippen LogP contribution is 2.37. The highest BCUT2D eigenvalue weighted by atomic mass is 35.5. The second kappa shape index (κ2) is 5.57. The van der Waals surface area contributed by atoms with Gasteiger partial charge in [-0.05, 0) is 37.6 Å². The van der Waals surface area contributed by atoms with Gasteiger partial charge in [-0.3, -0.25) is 0 Å². The Morgan fingerprint density at radius 1 is 1.29 bits per heavy atom. The van der Waals surface area contributed by atoms with Gasteiger partial charge in [0.25, 0.3) is 0 Å². The SMILES string of the molecule is CCCNCc1sc2cc(Cl)cc(Cl)c2c1C. The standard InChI is InChI=1S/C13H15Cl2NS/c1-3-4-16-7-12-8(2)13-10(15)5-9(14)6-11(13)17-12/h5-6,16H,3-4,7H2,1-2H3. The molecule has 0 radical (unpaired) electrons. The molecule has 4 heteroatoms. The lowest BCUT2D eigenvalue weighted by atomic mass is 10.1. The van der Waals surface area contributed by atoms with Gasteiger partial charge in [0.2, 0.25) is 0 Å². The molecule has 0 bridgehead atoms. The lowest BCUT2D eigenvalue weighted by molar-refractivity contribution is 0.680. The average Bonchev–Trinajstić information content (AvgIpc) is 2.56. The third kappa shape index (κ3) is 2.76. The summed E-state index contributed by atoms with van der Waals surface area (Å²) in [5.74, 6) is 0. The first-order valence-electron chi connectivity index (χ1n) is 5.71. The largest absolute Gasteiger partial charge is 0.312 e. The number of benzene rings is 1. The first-order valence-corrected chi connectivity index (χ1v) is 7.28. The van der Waals surface area contributed by atoms with Gasteiger partial charge in [-0.25, -0.2) is 0 Å². The van der Waals surface area contributed by atoms with Crippen molar-refractivity contribution in [2.75, 3.05) is 6.54 Å². The molecular formula is C13H15Cl2NS. The molecule has 0 aliphatic heterocycles. The molecule has 2 aromatic rings. The van der Waals surface area contributed by atoms with Gasteiger partial charge in [-0.15, -0.1) is 11.3 Å². The van der Waals surface area contributed by atoms with Gasteiger partial charge in [0, 0.05) is 26.5 Å². The van der Waals surface area contributed by atoms with Crippen molar-refractivity contribution in [1.29, 1.82) is 0 Å². The van der Waals surface area contributed by atoms with Crippen LogP contribution in [0.4, 0.5) is 0 Å². The molecule has 17 heavy (non-hydrogen) atoms. The number of aryl methyl sites for hydroxylation is 1. The minimum Gasteiger partial charge on any atom is -0.312 e. The summed E-state index contributed by atoms with van der Waals surface area (Å²) in [5, 5.41) is 6.03. The van der Waals surface area contributed by atoms with Gasteiger partial charge in [-0.2, -0.15) is 0 Å². The molecule has 0 fully saturated rings. The van der Waals surface area contributed by atoms with Crippen LogP contribution in [-0.4, -0.2) is 6.54 Å². The van der Waals surface area contributed by atoms with E-state index in [1.54, 1.807) is 11.3 Å². The van der Waals surface area contributed by atoms with Crippen LogP contribution in [0, 0.1) is 6.92 Å². The molecule has 1 aromatic carbocycles. The van der Waals surface area contributed by atoms with Crippen molar-refractivity contribution in [2.24, 2.45) is 0 Å². The van der Waals surface area contributed by atoms with Crippen molar-refractivity contribution in [3.8, 4) is 0 Å². The molecule has 2 rings (SSSR count). The molecule has 0 saturated heterocycles. The van der Waals surface area contributed by atoms with Crippen LogP contribution in [0.25, 0.3) is 10.1 Å². The van der Waals surface area contributed by atoms with Crippen LogP contribution < -0.4 is 5.32 Å². The lowest BCUT2D eigenvalue weighted by Crippen LogP contribution is -2.13. The van der Waals surface area contributed by atoms with E-state index >= 15 is 0 Å². The van der Waals surface area contributed by atoms with Crippen LogP contribution in [0.5, 0.6) is 0 Å². The van der Waals surface area contributed by atoms with E-state index in [0.29, 0.717) is 5.02 Å². The zero-order chi connectivity index (χ0) is 12.4. The Hall–Kier alpha value is -0.280. The monoisotopic (exact) mass is 287 g/mol. The molecule has 0 saturated carbocycles. The van der Waals surface area contributed by atoms with E-state index in [2.05, 4.69) is 19.2 Å². The Morgan fingerprint density at radius 2 is 2.06 bits per heavy atom. The second-order valence-electron chi connectivity index (χ2n) is 4.09. The minimum atomic E-state index is 0.705. The Morgan fingerprint density at radius 3 is 2.76 bits per heavy atom. The smallest absolute Gasteiger partial charge is 0.0510 e. The first kappa shape index (κ1) is 13.2. The zero-order valence-electron chi connectivity index (χ0n) is 9.94. The summed E-state index contributed by atoms with van der Waals surface area (Å²) in [6, 6.07) is 3.80. The van der Waals surface area contributed by atoms with Crippen molar-refractivity contribution in [3.63, 3.8) is 0 Å². The highest BCUT2D eigenvalue weighted by Gasteiger charge is 2.11. The number of fused-ring (bicyclic) bond motifs is 1. The van der Waals surface area contributed by atoms with Crippen LogP contribution >= 0.6 is 34.5 Å². The molecule has 0 amide bonds. The number of rotatable bonds is 4. The van der Waals surface area contributed by atoms with E-state index in [1.165, 1.54) is 15.1 Å². The lowest BCUT2D eigenvalue weighted by Gasteiger charge is -2.01. The molecular weight excluding hydrogens is 273 g/mol. The number of hydrogen-bond acceptors (Lipinski definition) is 2. The van der Waals surface area contributed by atoms with Crippen molar-refractivity contribution in [3.05, 3.63) is 32.6 Å². The van der Waals surface area contributed by atoms with Gasteiger partial charge in [0.1, 0.15) is 0 Å². The second-order valence-corrected chi connectivity index (χ2v) is 6.07. The molecule has 0 atom stereocenters. The molecule has 0 aliphatic rings. The Balaban J connectivity index is 2.39. The third-order valence-corrected chi connectivity index (χ3v) is 4.51. The fourth-order valence-corrected chi connectivity index (χ4v) is 3.89. The molecule has 0 spiro atoms. The van der Waals surface area contributed by atoms with Crippen LogP contribution in [-0.2, 0) is 6.54 Å². The summed E-state index contributed by atoms with van der Waals surface area (Å²) in [4.78, 5) is 1.35. The van der Waals surface area contributed by atoms with E-state index in [9.17, 15) is 0 Å². The number of hydrogen-bond donors (Lipinski definition) is 1. The van der Waals surface area contributed by atoms with E-state index in [0.717, 1.165) is 29.9 Å². The fraction of sp³-hybridized carbons (Fsp3) is 0.385. The summed E-state index contributed by atoms with van der Waals surface area (Å²) in [5.41, 5.74) is 1.27. The summed E-state index contributed by atoms with van der Waals surface area (Å²) in [7, 11) is 0. The maximum absolute atomic E-state index is 6.24. The van der Waals surface area contributed by atoms with E-state index in [4.69, 9.17) is 23.2 Å². The Labute approximate surface area is 116 Å². The minimum absolute atomic E-state index is 0.705. The van der Waals surface area contributed by atoms with Crippen molar-refractivity contribution < 1.29 is 0 Å². The van der Waals surface area contributed by atoms with Gasteiger partial charge < -0.3 is 5.32 Å². The number of thiophene rings is 1. The normalized spacial score (nSPS) is 11.3. The molecule has 0 unspecified atom stereocenters. The Bertz CT molecular complexity index is 534.